The van der Waals surface area contributed by atoms with Crippen molar-refractivity contribution in [3.05, 3.63) is 23.8 Å². The molecule has 0 fully saturated rings. The number of nitrogens with zero attached hydrogens (tertiary/aromatic N) is 1. The number of anilines is 2. The quantitative estimate of drug-likeness (QED) is 0.805. The number of benzene rings is 1. The molecule has 1 aromatic rings. The van der Waals surface area contributed by atoms with Crippen LogP contribution in [0.15, 0.2) is 12.1 Å². The van der Waals surface area contributed by atoms with Gasteiger partial charge in [-0.1, -0.05) is 6.92 Å². The molecule has 0 aromatic heterocycles. The highest BCUT2D eigenvalue weighted by atomic mass is 19.1. The summed E-state index contributed by atoms with van der Waals surface area (Å²) in [6, 6.07) is 2.28. The molecule has 2 N–H and O–H groups in total. The molecule has 1 aromatic carbocycles. The molecule has 0 radical (unpaired) electrons. The molecule has 0 saturated carbocycles. The third-order valence-corrected chi connectivity index (χ3v) is 3.15. The van der Waals surface area contributed by atoms with E-state index in [2.05, 4.69) is 0 Å². The Hall–Kier alpha value is -1.32. The lowest BCUT2D eigenvalue weighted by atomic mass is 9.99. The first-order valence-electron chi connectivity index (χ1n) is 5.28. The summed E-state index contributed by atoms with van der Waals surface area (Å²) in [7, 11) is 1.68. The minimum absolute atomic E-state index is 0.0268. The van der Waals surface area contributed by atoms with E-state index < -0.39 is 11.6 Å². The number of halogens is 2. The Morgan fingerprint density at radius 3 is 2.06 bits per heavy atom. The van der Waals surface area contributed by atoms with Gasteiger partial charge in [0.2, 0.25) is 0 Å². The highest BCUT2D eigenvalue weighted by Gasteiger charge is 2.26. The second kappa shape index (κ2) is 4.28. The average Bonchev–Trinajstić information content (AvgIpc) is 2.15. The van der Waals surface area contributed by atoms with Crippen LogP contribution in [0.3, 0.4) is 0 Å². The summed E-state index contributed by atoms with van der Waals surface area (Å²) in [6.07, 6.45) is 0.784. The van der Waals surface area contributed by atoms with Crippen LogP contribution in [-0.2, 0) is 0 Å². The van der Waals surface area contributed by atoms with Crippen molar-refractivity contribution in [3.8, 4) is 0 Å². The van der Waals surface area contributed by atoms with Crippen LogP contribution in [0.2, 0.25) is 0 Å². The van der Waals surface area contributed by atoms with Gasteiger partial charge in [0.05, 0.1) is 0 Å². The van der Waals surface area contributed by atoms with E-state index in [-0.39, 0.29) is 16.9 Å². The van der Waals surface area contributed by atoms with Crippen LogP contribution < -0.4 is 10.6 Å². The summed E-state index contributed by atoms with van der Waals surface area (Å²) in [5.41, 5.74) is 5.14. The Morgan fingerprint density at radius 2 is 1.69 bits per heavy atom. The van der Waals surface area contributed by atoms with Crippen molar-refractivity contribution >= 4 is 11.4 Å². The molecule has 0 unspecified atom stereocenters. The predicted octanol–water partition coefficient (Wildman–Crippen LogP) is 3.17. The topological polar surface area (TPSA) is 29.3 Å². The van der Waals surface area contributed by atoms with E-state index >= 15 is 0 Å². The van der Waals surface area contributed by atoms with E-state index in [0.717, 1.165) is 18.6 Å². The zero-order valence-electron chi connectivity index (χ0n) is 10.1. The van der Waals surface area contributed by atoms with E-state index in [1.807, 2.05) is 20.8 Å². The summed E-state index contributed by atoms with van der Waals surface area (Å²) < 4.78 is 27.3. The van der Waals surface area contributed by atoms with Crippen LogP contribution in [0.4, 0.5) is 20.2 Å². The van der Waals surface area contributed by atoms with Gasteiger partial charge in [0.1, 0.15) is 5.69 Å². The van der Waals surface area contributed by atoms with Gasteiger partial charge in [0, 0.05) is 18.3 Å². The summed E-state index contributed by atoms with van der Waals surface area (Å²) in [4.78, 5) is 1.61. The maximum Gasteiger partial charge on any atom is 0.151 e. The minimum atomic E-state index is -0.624. The van der Waals surface area contributed by atoms with Crippen LogP contribution in [-0.4, -0.2) is 12.6 Å². The highest BCUT2D eigenvalue weighted by molar-refractivity contribution is 5.56. The van der Waals surface area contributed by atoms with Gasteiger partial charge < -0.3 is 10.6 Å². The SMILES string of the molecule is CCC(C)(C)N(C)c1c(F)cc(N)cc1F. The third kappa shape index (κ3) is 2.26. The second-order valence-corrected chi connectivity index (χ2v) is 4.56. The van der Waals surface area contributed by atoms with E-state index in [4.69, 9.17) is 5.73 Å². The first-order valence-corrected chi connectivity index (χ1v) is 5.28. The Labute approximate surface area is 95.1 Å². The van der Waals surface area contributed by atoms with E-state index in [0.29, 0.717) is 0 Å². The van der Waals surface area contributed by atoms with Crippen molar-refractivity contribution in [1.82, 2.24) is 0 Å². The lowest BCUT2D eigenvalue weighted by Crippen LogP contribution is -2.41. The van der Waals surface area contributed by atoms with Crippen LogP contribution >= 0.6 is 0 Å². The first kappa shape index (κ1) is 12.7. The summed E-state index contributed by atoms with van der Waals surface area (Å²) in [5.74, 6) is -1.25. The Morgan fingerprint density at radius 1 is 1.25 bits per heavy atom. The van der Waals surface area contributed by atoms with Gasteiger partial charge in [-0.25, -0.2) is 8.78 Å². The molecule has 4 heteroatoms. The summed E-state index contributed by atoms with van der Waals surface area (Å²) >= 11 is 0. The maximum absolute atomic E-state index is 13.7. The van der Waals surface area contributed by atoms with E-state index in [9.17, 15) is 8.78 Å². The lowest BCUT2D eigenvalue weighted by molar-refractivity contribution is 0.452. The molecule has 1 rings (SSSR count). The Balaban J connectivity index is 3.24. The van der Waals surface area contributed by atoms with Crippen molar-refractivity contribution in [3.63, 3.8) is 0 Å². The van der Waals surface area contributed by atoms with Crippen LogP contribution in [0.5, 0.6) is 0 Å². The first-order chi connectivity index (χ1) is 7.29. The fraction of sp³-hybridized carbons (Fsp3) is 0.500. The van der Waals surface area contributed by atoms with Gasteiger partial charge in [0.25, 0.3) is 0 Å². The third-order valence-electron chi connectivity index (χ3n) is 3.15. The maximum atomic E-state index is 13.7. The second-order valence-electron chi connectivity index (χ2n) is 4.56. The molecular formula is C12H18F2N2. The molecule has 0 amide bonds. The molecule has 0 aliphatic heterocycles. The minimum Gasteiger partial charge on any atom is -0.399 e. The number of hydrogen-bond donors (Lipinski definition) is 1. The van der Waals surface area contributed by atoms with Crippen molar-refractivity contribution in [2.75, 3.05) is 17.7 Å². The molecule has 0 saturated heterocycles. The fourth-order valence-corrected chi connectivity index (χ4v) is 1.45. The fourth-order valence-electron chi connectivity index (χ4n) is 1.45. The van der Waals surface area contributed by atoms with E-state index in [1.165, 1.54) is 0 Å². The largest absolute Gasteiger partial charge is 0.399 e. The van der Waals surface area contributed by atoms with Crippen LogP contribution in [0.25, 0.3) is 0 Å². The van der Waals surface area contributed by atoms with Gasteiger partial charge in [-0.05, 0) is 32.4 Å². The number of hydrogen-bond acceptors (Lipinski definition) is 2. The van der Waals surface area contributed by atoms with Crippen LogP contribution in [0, 0.1) is 11.6 Å². The van der Waals surface area contributed by atoms with Crippen LogP contribution in [0.1, 0.15) is 27.2 Å². The molecule has 0 atom stereocenters. The number of nitrogens with two attached hydrogens (primary N) is 1. The van der Waals surface area contributed by atoms with Gasteiger partial charge in [-0.3, -0.25) is 0 Å². The van der Waals surface area contributed by atoms with Gasteiger partial charge in [-0.2, -0.15) is 0 Å². The molecule has 0 spiro atoms. The zero-order valence-corrected chi connectivity index (χ0v) is 10.1. The lowest BCUT2D eigenvalue weighted by Gasteiger charge is -2.37. The number of rotatable bonds is 3. The van der Waals surface area contributed by atoms with Crippen molar-refractivity contribution < 1.29 is 8.78 Å². The molecule has 2 nitrogen and oxygen atoms in total. The van der Waals surface area contributed by atoms with Crippen molar-refractivity contribution in [2.45, 2.75) is 32.7 Å². The Bertz CT molecular complexity index is 366. The molecule has 0 aliphatic carbocycles. The molecule has 0 aliphatic rings. The van der Waals surface area contributed by atoms with E-state index in [1.54, 1.807) is 11.9 Å². The van der Waals surface area contributed by atoms with Gasteiger partial charge in [-0.15, -0.1) is 0 Å². The Kier molecular flexibility index (Phi) is 3.41. The zero-order chi connectivity index (χ0) is 12.5. The molecule has 0 bridgehead atoms. The molecule has 16 heavy (non-hydrogen) atoms. The normalized spacial score (nSPS) is 11.6. The van der Waals surface area contributed by atoms with Crippen molar-refractivity contribution in [2.24, 2.45) is 0 Å². The standard InChI is InChI=1S/C12H18F2N2/c1-5-12(2,3)16(4)11-9(13)6-8(15)7-10(11)14/h6-7H,5,15H2,1-4H3. The molecule has 90 valence electrons. The average molecular weight is 228 g/mol. The molecule has 0 heterocycles. The van der Waals surface area contributed by atoms with Gasteiger partial charge in [0.15, 0.2) is 11.6 Å². The smallest absolute Gasteiger partial charge is 0.151 e. The highest BCUT2D eigenvalue weighted by Crippen LogP contribution is 2.31. The van der Waals surface area contributed by atoms with Gasteiger partial charge >= 0.3 is 0 Å². The predicted molar refractivity (Wildman–Crippen MR) is 63.5 cm³/mol. The van der Waals surface area contributed by atoms with Crippen molar-refractivity contribution in [1.29, 1.82) is 0 Å². The summed E-state index contributed by atoms with van der Waals surface area (Å²) in [5, 5.41) is 0. The summed E-state index contributed by atoms with van der Waals surface area (Å²) in [6.45, 7) is 5.84. The number of nitrogen functional groups attached to an aromatic ring is 1. The monoisotopic (exact) mass is 228 g/mol. The molecular weight excluding hydrogens is 210 g/mol.